The Morgan fingerprint density at radius 2 is 1.95 bits per heavy atom. The molecule has 1 aliphatic rings. The summed E-state index contributed by atoms with van der Waals surface area (Å²) in [7, 11) is 0. The minimum Gasteiger partial charge on any atom is -0.309 e. The molecule has 0 amide bonds. The van der Waals surface area contributed by atoms with E-state index in [1.54, 1.807) is 19.1 Å². The van der Waals surface area contributed by atoms with Gasteiger partial charge in [-0.15, -0.1) is 0 Å². The molecule has 0 aromatic heterocycles. The van der Waals surface area contributed by atoms with Crippen LogP contribution < -0.4 is 5.73 Å². The number of allylic oxidation sites excluding steroid dienone is 1. The van der Waals surface area contributed by atoms with Gasteiger partial charge < -0.3 is 5.73 Å². The fourth-order valence-corrected chi connectivity index (χ4v) is 2.08. The predicted octanol–water partition coefficient (Wildman–Crippen LogP) is 3.27. The molecule has 5 heteroatoms. The van der Waals surface area contributed by atoms with Crippen molar-refractivity contribution in [2.24, 2.45) is 10.7 Å². The van der Waals surface area contributed by atoms with Crippen molar-refractivity contribution in [3.8, 4) is 0 Å². The first-order valence-electron chi connectivity index (χ1n) is 5.98. The van der Waals surface area contributed by atoms with Gasteiger partial charge in [0.2, 0.25) is 0 Å². The number of alkyl halides is 3. The van der Waals surface area contributed by atoms with E-state index in [1.807, 2.05) is 13.0 Å². The van der Waals surface area contributed by atoms with E-state index in [0.29, 0.717) is 5.56 Å². The SMILES string of the molecule is Cc1ccc(C)c(C2=NC(N)CC=C2C(F)(F)F)c1. The molecule has 0 spiro atoms. The van der Waals surface area contributed by atoms with Gasteiger partial charge >= 0.3 is 6.18 Å². The maximum Gasteiger partial charge on any atom is 0.418 e. The number of hydrogen-bond donors (Lipinski definition) is 1. The van der Waals surface area contributed by atoms with Gasteiger partial charge in [-0.2, -0.15) is 13.2 Å². The van der Waals surface area contributed by atoms with Crippen molar-refractivity contribution in [3.63, 3.8) is 0 Å². The van der Waals surface area contributed by atoms with E-state index in [-0.39, 0.29) is 12.1 Å². The Morgan fingerprint density at radius 1 is 1.26 bits per heavy atom. The average Bonchev–Trinajstić information content (AvgIpc) is 2.30. The van der Waals surface area contributed by atoms with E-state index in [1.165, 1.54) is 0 Å². The number of aliphatic imine (C=N–C) groups is 1. The Morgan fingerprint density at radius 3 is 2.58 bits per heavy atom. The van der Waals surface area contributed by atoms with Gasteiger partial charge in [-0.05, 0) is 25.5 Å². The van der Waals surface area contributed by atoms with E-state index < -0.39 is 17.9 Å². The molecule has 1 unspecified atom stereocenters. The van der Waals surface area contributed by atoms with Crippen LogP contribution in [0.1, 0.15) is 23.1 Å². The highest BCUT2D eigenvalue weighted by atomic mass is 19.4. The zero-order valence-electron chi connectivity index (χ0n) is 10.8. The van der Waals surface area contributed by atoms with Crippen molar-refractivity contribution >= 4 is 5.71 Å². The summed E-state index contributed by atoms with van der Waals surface area (Å²) in [5.41, 5.74) is 7.07. The lowest BCUT2D eigenvalue weighted by molar-refractivity contribution is -0.0864. The maximum absolute atomic E-state index is 13.0. The molecule has 0 fully saturated rings. The number of hydrogen-bond acceptors (Lipinski definition) is 2. The molecule has 0 radical (unpaired) electrons. The van der Waals surface area contributed by atoms with Crippen LogP contribution in [0, 0.1) is 13.8 Å². The van der Waals surface area contributed by atoms with E-state index in [0.717, 1.165) is 17.2 Å². The van der Waals surface area contributed by atoms with Crippen LogP contribution in [0.5, 0.6) is 0 Å². The second kappa shape index (κ2) is 4.81. The molecule has 1 aromatic carbocycles. The number of nitrogens with zero attached hydrogens (tertiary/aromatic N) is 1. The number of rotatable bonds is 1. The van der Waals surface area contributed by atoms with Crippen molar-refractivity contribution in [2.75, 3.05) is 0 Å². The van der Waals surface area contributed by atoms with Crippen LogP contribution in [0.2, 0.25) is 0 Å². The lowest BCUT2D eigenvalue weighted by Gasteiger charge is -2.22. The molecular weight excluding hydrogens is 253 g/mol. The largest absolute Gasteiger partial charge is 0.418 e. The fraction of sp³-hybridized carbons (Fsp3) is 0.357. The molecule has 2 N–H and O–H groups in total. The first kappa shape index (κ1) is 13.8. The molecule has 1 aromatic rings. The monoisotopic (exact) mass is 268 g/mol. The molecule has 2 nitrogen and oxygen atoms in total. The van der Waals surface area contributed by atoms with E-state index in [2.05, 4.69) is 4.99 Å². The summed E-state index contributed by atoms with van der Waals surface area (Å²) in [6.45, 7) is 3.61. The summed E-state index contributed by atoms with van der Waals surface area (Å²) in [6, 6.07) is 5.37. The Labute approximate surface area is 109 Å². The Balaban J connectivity index is 2.56. The normalized spacial score (nSPS) is 20.0. The van der Waals surface area contributed by atoms with Crippen LogP contribution in [-0.4, -0.2) is 18.1 Å². The molecular formula is C14H15F3N2. The lowest BCUT2D eigenvalue weighted by atomic mass is 9.93. The highest BCUT2D eigenvalue weighted by molar-refractivity contribution is 6.14. The Hall–Kier alpha value is -1.62. The zero-order valence-corrected chi connectivity index (χ0v) is 10.8. The summed E-state index contributed by atoms with van der Waals surface area (Å²) >= 11 is 0. The van der Waals surface area contributed by atoms with Gasteiger partial charge in [-0.1, -0.05) is 23.8 Å². The number of benzene rings is 1. The summed E-state index contributed by atoms with van der Waals surface area (Å²) < 4.78 is 39.1. The summed E-state index contributed by atoms with van der Waals surface area (Å²) in [4.78, 5) is 4.01. The van der Waals surface area contributed by atoms with Gasteiger partial charge in [0.05, 0.1) is 11.3 Å². The van der Waals surface area contributed by atoms with Crippen LogP contribution in [-0.2, 0) is 0 Å². The van der Waals surface area contributed by atoms with Crippen molar-refractivity contribution in [1.29, 1.82) is 0 Å². The molecule has 1 heterocycles. The molecule has 0 aliphatic carbocycles. The molecule has 2 rings (SSSR count). The highest BCUT2D eigenvalue weighted by Gasteiger charge is 2.39. The van der Waals surface area contributed by atoms with E-state index in [4.69, 9.17) is 5.73 Å². The first-order valence-corrected chi connectivity index (χ1v) is 5.98. The van der Waals surface area contributed by atoms with Crippen molar-refractivity contribution < 1.29 is 13.2 Å². The summed E-state index contributed by atoms with van der Waals surface area (Å²) in [6.07, 6.45) is -3.77. The quantitative estimate of drug-likeness (QED) is 0.834. The van der Waals surface area contributed by atoms with Crippen LogP contribution in [0.15, 0.2) is 34.8 Å². The van der Waals surface area contributed by atoms with Crippen molar-refractivity contribution in [3.05, 3.63) is 46.5 Å². The van der Waals surface area contributed by atoms with E-state index in [9.17, 15) is 13.2 Å². The maximum atomic E-state index is 13.0. The first-order chi connectivity index (χ1) is 8.79. The highest BCUT2D eigenvalue weighted by Crippen LogP contribution is 2.33. The van der Waals surface area contributed by atoms with Crippen LogP contribution in [0.3, 0.4) is 0 Å². The number of dihydropyridines is 1. The van der Waals surface area contributed by atoms with Gasteiger partial charge in [-0.25, -0.2) is 0 Å². The van der Waals surface area contributed by atoms with Gasteiger partial charge in [0.1, 0.15) is 6.17 Å². The number of nitrogens with two attached hydrogens (primary N) is 1. The fourth-order valence-electron chi connectivity index (χ4n) is 2.08. The van der Waals surface area contributed by atoms with Crippen LogP contribution in [0.4, 0.5) is 13.2 Å². The standard InChI is InChI=1S/C14H15F3N2/c1-8-3-4-9(2)10(7-8)13-11(14(15,16)17)5-6-12(18)19-13/h3-5,7,12H,6,18H2,1-2H3. The molecule has 0 saturated carbocycles. The third-order valence-corrected chi connectivity index (χ3v) is 3.07. The van der Waals surface area contributed by atoms with Crippen molar-refractivity contribution in [2.45, 2.75) is 32.6 Å². The van der Waals surface area contributed by atoms with Crippen LogP contribution >= 0.6 is 0 Å². The summed E-state index contributed by atoms with van der Waals surface area (Å²) in [5.74, 6) is 0. The predicted molar refractivity (Wildman–Crippen MR) is 69.2 cm³/mol. The minimum absolute atomic E-state index is 0.0487. The topological polar surface area (TPSA) is 38.4 Å². The molecule has 102 valence electrons. The van der Waals surface area contributed by atoms with Gasteiger partial charge in [0.25, 0.3) is 0 Å². The number of aryl methyl sites for hydroxylation is 2. The average molecular weight is 268 g/mol. The third-order valence-electron chi connectivity index (χ3n) is 3.07. The van der Waals surface area contributed by atoms with E-state index >= 15 is 0 Å². The van der Waals surface area contributed by atoms with Gasteiger partial charge in [0.15, 0.2) is 0 Å². The lowest BCUT2D eigenvalue weighted by Crippen LogP contribution is -2.30. The van der Waals surface area contributed by atoms with Gasteiger partial charge in [-0.3, -0.25) is 4.99 Å². The Bertz CT molecular complexity index is 556. The second-order valence-electron chi connectivity index (χ2n) is 4.71. The Kier molecular flexibility index (Phi) is 3.49. The molecule has 1 aliphatic heterocycles. The van der Waals surface area contributed by atoms with Crippen LogP contribution in [0.25, 0.3) is 0 Å². The molecule has 0 bridgehead atoms. The minimum atomic E-state index is -4.41. The second-order valence-corrected chi connectivity index (χ2v) is 4.71. The summed E-state index contributed by atoms with van der Waals surface area (Å²) in [5, 5.41) is 0. The van der Waals surface area contributed by atoms with Crippen molar-refractivity contribution in [1.82, 2.24) is 0 Å². The number of halogens is 3. The molecule has 1 atom stereocenters. The third kappa shape index (κ3) is 2.87. The van der Waals surface area contributed by atoms with Gasteiger partial charge in [0, 0.05) is 12.0 Å². The smallest absolute Gasteiger partial charge is 0.309 e. The molecule has 0 saturated heterocycles. The zero-order chi connectivity index (χ0) is 14.2. The molecule has 19 heavy (non-hydrogen) atoms.